The molecule has 0 bridgehead atoms. The fraction of sp³-hybridized carbons (Fsp3) is 0.345. The van der Waals surface area contributed by atoms with Gasteiger partial charge in [0.1, 0.15) is 17.2 Å². The van der Waals surface area contributed by atoms with Gasteiger partial charge in [0.2, 0.25) is 0 Å². The van der Waals surface area contributed by atoms with Gasteiger partial charge < -0.3 is 10.5 Å². The summed E-state index contributed by atoms with van der Waals surface area (Å²) in [6.45, 7) is 11.1. The number of carbonyl (C=O) groups is 1. The van der Waals surface area contributed by atoms with E-state index in [0.717, 1.165) is 22.3 Å². The normalized spacial score (nSPS) is 21.3. The SMILES string of the molecule is CC.CC(=O)C1(N=C(C)N)C[C@@](C)(Cc2cccc(F)c2)Oc2ccc(-c3cncc(C)c3)cc21. The lowest BCUT2D eigenvalue weighted by Crippen LogP contribution is -2.50. The molecule has 184 valence electrons. The van der Waals surface area contributed by atoms with Crippen LogP contribution in [0.3, 0.4) is 0 Å². The molecule has 6 heteroatoms. The molecule has 35 heavy (non-hydrogen) atoms. The zero-order valence-corrected chi connectivity index (χ0v) is 21.4. The quantitative estimate of drug-likeness (QED) is 0.354. The van der Waals surface area contributed by atoms with E-state index in [1.165, 1.54) is 19.1 Å². The molecule has 1 aliphatic rings. The van der Waals surface area contributed by atoms with Crippen LogP contribution >= 0.6 is 0 Å². The standard InChI is InChI=1S/C27H28FN3O2.C2H6/c1-17-10-22(15-30-14-17)21-8-9-25-24(12-21)27(18(2)32,31-19(3)29)16-26(4,33-25)13-20-6-5-7-23(28)11-20;1-2/h5-12,14-15H,13,16H2,1-4H3,(H2,29,31);1-2H3/t26-,27?;/m1./s1. The molecule has 1 aliphatic heterocycles. The van der Waals surface area contributed by atoms with Crippen LogP contribution in [0.2, 0.25) is 0 Å². The molecule has 2 N–H and O–H groups in total. The third kappa shape index (κ3) is 5.59. The molecule has 0 saturated heterocycles. The third-order valence-corrected chi connectivity index (χ3v) is 6.04. The monoisotopic (exact) mass is 475 g/mol. The Morgan fingerprint density at radius 1 is 1.11 bits per heavy atom. The lowest BCUT2D eigenvalue weighted by Gasteiger charge is -2.44. The van der Waals surface area contributed by atoms with E-state index >= 15 is 0 Å². The van der Waals surface area contributed by atoms with E-state index in [2.05, 4.69) is 4.98 Å². The van der Waals surface area contributed by atoms with Gasteiger partial charge in [0.15, 0.2) is 11.3 Å². The second-order valence-electron chi connectivity index (χ2n) is 9.17. The summed E-state index contributed by atoms with van der Waals surface area (Å²) in [7, 11) is 0. The predicted molar refractivity (Wildman–Crippen MR) is 139 cm³/mol. The number of carbonyl (C=O) groups excluding carboxylic acids is 1. The Morgan fingerprint density at radius 2 is 1.86 bits per heavy atom. The van der Waals surface area contributed by atoms with Crippen molar-refractivity contribution in [1.29, 1.82) is 0 Å². The Balaban J connectivity index is 0.00000167. The number of Topliss-reactive ketones (excluding diaryl/α,β-unsaturated/α-hetero) is 1. The van der Waals surface area contributed by atoms with Crippen molar-refractivity contribution >= 4 is 11.6 Å². The minimum absolute atomic E-state index is 0.123. The van der Waals surface area contributed by atoms with E-state index in [4.69, 9.17) is 15.5 Å². The molecule has 1 aromatic heterocycles. The van der Waals surface area contributed by atoms with Gasteiger partial charge in [0, 0.05) is 36.4 Å². The minimum atomic E-state index is -1.21. The number of pyridine rings is 1. The van der Waals surface area contributed by atoms with Gasteiger partial charge in [-0.2, -0.15) is 0 Å². The second kappa shape index (κ2) is 10.4. The van der Waals surface area contributed by atoms with Crippen molar-refractivity contribution in [3.63, 3.8) is 0 Å². The second-order valence-corrected chi connectivity index (χ2v) is 9.17. The van der Waals surface area contributed by atoms with Gasteiger partial charge in [0.25, 0.3) is 0 Å². The Kier molecular flexibility index (Phi) is 7.73. The molecular formula is C29H34FN3O2. The molecule has 2 aromatic carbocycles. The third-order valence-electron chi connectivity index (χ3n) is 6.04. The highest BCUT2D eigenvalue weighted by Crippen LogP contribution is 2.49. The predicted octanol–water partition coefficient (Wildman–Crippen LogP) is 6.17. The highest BCUT2D eigenvalue weighted by atomic mass is 19.1. The smallest absolute Gasteiger partial charge is 0.162 e. The molecule has 5 nitrogen and oxygen atoms in total. The van der Waals surface area contributed by atoms with Crippen LogP contribution < -0.4 is 10.5 Å². The van der Waals surface area contributed by atoms with Gasteiger partial charge in [-0.1, -0.05) is 32.0 Å². The molecule has 1 unspecified atom stereocenters. The van der Waals surface area contributed by atoms with E-state index in [9.17, 15) is 9.18 Å². The highest BCUT2D eigenvalue weighted by Gasteiger charge is 2.50. The average molecular weight is 476 g/mol. The van der Waals surface area contributed by atoms with Gasteiger partial charge in [-0.05, 0) is 74.7 Å². The molecule has 0 amide bonds. The fourth-order valence-electron chi connectivity index (χ4n) is 4.74. The maximum absolute atomic E-state index is 13.8. The largest absolute Gasteiger partial charge is 0.487 e. The minimum Gasteiger partial charge on any atom is -0.487 e. The number of fused-ring (bicyclic) bond motifs is 1. The number of aliphatic imine (C=N–C) groups is 1. The van der Waals surface area contributed by atoms with Crippen molar-refractivity contribution < 1.29 is 13.9 Å². The number of aryl methyl sites for hydroxylation is 1. The lowest BCUT2D eigenvalue weighted by molar-refractivity contribution is -0.125. The number of nitrogens with two attached hydrogens (primary N) is 1. The number of rotatable bonds is 5. The molecule has 4 rings (SSSR count). The van der Waals surface area contributed by atoms with Crippen molar-refractivity contribution in [2.24, 2.45) is 10.7 Å². The molecule has 0 fully saturated rings. The fourth-order valence-corrected chi connectivity index (χ4v) is 4.74. The topological polar surface area (TPSA) is 77.6 Å². The number of amidine groups is 1. The number of halogens is 1. The highest BCUT2D eigenvalue weighted by molar-refractivity contribution is 5.93. The molecule has 0 saturated carbocycles. The molecule has 3 aromatic rings. The van der Waals surface area contributed by atoms with E-state index in [0.29, 0.717) is 23.6 Å². The number of hydrogen-bond acceptors (Lipinski definition) is 4. The Morgan fingerprint density at radius 3 is 2.49 bits per heavy atom. The van der Waals surface area contributed by atoms with Gasteiger partial charge in [-0.3, -0.25) is 14.8 Å². The first-order valence-electron chi connectivity index (χ1n) is 11.9. The van der Waals surface area contributed by atoms with Crippen LogP contribution in [-0.4, -0.2) is 22.2 Å². The number of benzene rings is 2. The van der Waals surface area contributed by atoms with Crippen LogP contribution in [0.15, 0.2) is 65.9 Å². The van der Waals surface area contributed by atoms with Crippen LogP contribution in [0, 0.1) is 12.7 Å². The van der Waals surface area contributed by atoms with Crippen molar-refractivity contribution in [2.75, 3.05) is 0 Å². The first-order chi connectivity index (χ1) is 16.6. The van der Waals surface area contributed by atoms with Crippen molar-refractivity contribution in [2.45, 2.75) is 65.5 Å². The molecule has 0 radical (unpaired) electrons. The number of ketones is 1. The van der Waals surface area contributed by atoms with Gasteiger partial charge in [-0.25, -0.2) is 4.39 Å². The van der Waals surface area contributed by atoms with Crippen molar-refractivity contribution in [1.82, 2.24) is 4.98 Å². The summed E-state index contributed by atoms with van der Waals surface area (Å²) in [5.74, 6) is 0.456. The summed E-state index contributed by atoms with van der Waals surface area (Å²) in [6, 6.07) is 14.2. The molecular weight excluding hydrogens is 441 g/mol. The Hall–Kier alpha value is -3.54. The summed E-state index contributed by atoms with van der Waals surface area (Å²) in [4.78, 5) is 22.2. The van der Waals surface area contributed by atoms with Crippen LogP contribution in [0.1, 0.15) is 57.7 Å². The first kappa shape index (κ1) is 26.1. The van der Waals surface area contributed by atoms with E-state index < -0.39 is 11.1 Å². The summed E-state index contributed by atoms with van der Waals surface area (Å²) in [5.41, 5.74) is 8.39. The molecule has 0 aliphatic carbocycles. The summed E-state index contributed by atoms with van der Waals surface area (Å²) < 4.78 is 20.3. The van der Waals surface area contributed by atoms with Crippen LogP contribution in [0.25, 0.3) is 11.1 Å². The van der Waals surface area contributed by atoms with Gasteiger partial charge in [-0.15, -0.1) is 0 Å². The van der Waals surface area contributed by atoms with Crippen molar-refractivity contribution in [3.05, 3.63) is 83.4 Å². The van der Waals surface area contributed by atoms with Gasteiger partial charge in [0.05, 0.1) is 5.84 Å². The first-order valence-corrected chi connectivity index (χ1v) is 11.9. The number of hydrogen-bond donors (Lipinski definition) is 1. The van der Waals surface area contributed by atoms with Crippen molar-refractivity contribution in [3.8, 4) is 16.9 Å². The Bertz CT molecular complexity index is 1250. The Labute approximate surface area is 207 Å². The lowest BCUT2D eigenvalue weighted by atomic mass is 9.72. The zero-order chi connectivity index (χ0) is 25.8. The molecule has 2 atom stereocenters. The number of nitrogens with zero attached hydrogens (tertiary/aromatic N) is 2. The van der Waals surface area contributed by atoms with Crippen LogP contribution in [0.4, 0.5) is 4.39 Å². The number of aromatic nitrogens is 1. The molecule has 2 heterocycles. The van der Waals surface area contributed by atoms with E-state index in [-0.39, 0.29) is 18.0 Å². The summed E-state index contributed by atoms with van der Waals surface area (Å²) >= 11 is 0. The van der Waals surface area contributed by atoms with E-state index in [1.54, 1.807) is 25.4 Å². The zero-order valence-electron chi connectivity index (χ0n) is 21.4. The number of ether oxygens (including phenoxy) is 1. The van der Waals surface area contributed by atoms with Crippen LogP contribution in [-0.2, 0) is 16.8 Å². The van der Waals surface area contributed by atoms with Gasteiger partial charge >= 0.3 is 0 Å². The summed E-state index contributed by atoms with van der Waals surface area (Å²) in [6.07, 6.45) is 4.29. The summed E-state index contributed by atoms with van der Waals surface area (Å²) in [5, 5.41) is 0. The molecule has 0 spiro atoms. The van der Waals surface area contributed by atoms with Crippen LogP contribution in [0.5, 0.6) is 5.75 Å². The average Bonchev–Trinajstić information content (AvgIpc) is 2.79. The van der Waals surface area contributed by atoms with E-state index in [1.807, 2.05) is 58.0 Å². The maximum atomic E-state index is 13.8. The maximum Gasteiger partial charge on any atom is 0.162 e.